The van der Waals surface area contributed by atoms with E-state index in [2.05, 4.69) is 5.10 Å². The topological polar surface area (TPSA) is 32.7 Å². The van der Waals surface area contributed by atoms with E-state index < -0.39 is 11.4 Å². The average molecular weight is 314 g/mol. The number of nitrogens with zero attached hydrogens (tertiary/aromatic N) is 2. The third kappa shape index (κ3) is 2.99. The smallest absolute Gasteiger partial charge is 0.267 e. The van der Waals surface area contributed by atoms with Gasteiger partial charge in [-0.25, -0.2) is 13.8 Å². The molecule has 5 heteroatoms. The molecule has 0 bridgehead atoms. The summed E-state index contributed by atoms with van der Waals surface area (Å²) in [5, 5.41) is 5.84. The Morgan fingerprint density at radius 3 is 2.09 bits per heavy atom. The lowest BCUT2D eigenvalue weighted by molar-refractivity contribution is 0.0612. The van der Waals surface area contributed by atoms with Gasteiger partial charge in [-0.1, -0.05) is 12.1 Å². The van der Waals surface area contributed by atoms with Crippen LogP contribution in [0.25, 0.3) is 0 Å². The first kappa shape index (κ1) is 15.3. The summed E-state index contributed by atoms with van der Waals surface area (Å²) in [7, 11) is 0. The zero-order valence-electron chi connectivity index (χ0n) is 12.9. The van der Waals surface area contributed by atoms with Gasteiger partial charge in [0, 0.05) is 12.0 Å². The third-order valence-electron chi connectivity index (χ3n) is 3.86. The minimum absolute atomic E-state index is 0.285. The number of hydrazone groups is 1. The summed E-state index contributed by atoms with van der Waals surface area (Å²) in [4.78, 5) is 12.6. The second-order valence-corrected chi connectivity index (χ2v) is 6.17. The maximum absolute atomic E-state index is 13.0. The van der Waals surface area contributed by atoms with Crippen molar-refractivity contribution in [2.45, 2.75) is 25.8 Å². The number of halogens is 2. The highest BCUT2D eigenvalue weighted by Gasteiger charge is 2.38. The van der Waals surface area contributed by atoms with Crippen LogP contribution in [0.3, 0.4) is 0 Å². The normalized spacial score (nSPS) is 16.3. The van der Waals surface area contributed by atoms with Crippen molar-refractivity contribution in [3.63, 3.8) is 0 Å². The molecule has 2 aromatic rings. The molecule has 0 saturated heterocycles. The third-order valence-corrected chi connectivity index (χ3v) is 3.86. The van der Waals surface area contributed by atoms with Crippen LogP contribution in [0.4, 0.5) is 8.78 Å². The molecule has 1 amide bonds. The standard InChI is InChI=1S/C18H16F2N2O/c1-18(2)11-16(12-3-7-14(19)8-4-12)21-22(18)17(23)13-5-9-15(20)10-6-13/h3-10H,11H2,1-2H3. The van der Waals surface area contributed by atoms with E-state index in [1.165, 1.54) is 41.4 Å². The van der Waals surface area contributed by atoms with Crippen LogP contribution in [0, 0.1) is 11.6 Å². The van der Waals surface area contributed by atoms with Gasteiger partial charge < -0.3 is 0 Å². The lowest BCUT2D eigenvalue weighted by Crippen LogP contribution is -2.40. The van der Waals surface area contributed by atoms with Gasteiger partial charge in [-0.05, 0) is 55.8 Å². The molecule has 2 aromatic carbocycles. The van der Waals surface area contributed by atoms with Gasteiger partial charge >= 0.3 is 0 Å². The number of benzene rings is 2. The van der Waals surface area contributed by atoms with Gasteiger partial charge in [-0.15, -0.1) is 0 Å². The lowest BCUT2D eigenvalue weighted by Gasteiger charge is -2.28. The van der Waals surface area contributed by atoms with Crippen molar-refractivity contribution in [2.24, 2.45) is 5.10 Å². The second-order valence-electron chi connectivity index (χ2n) is 6.17. The summed E-state index contributed by atoms with van der Waals surface area (Å²) in [5.41, 5.74) is 1.39. The van der Waals surface area contributed by atoms with E-state index in [0.29, 0.717) is 12.0 Å². The van der Waals surface area contributed by atoms with Crippen LogP contribution in [0.15, 0.2) is 53.6 Å². The molecule has 0 spiro atoms. The van der Waals surface area contributed by atoms with E-state index in [1.54, 1.807) is 12.1 Å². The van der Waals surface area contributed by atoms with Crippen molar-refractivity contribution < 1.29 is 13.6 Å². The van der Waals surface area contributed by atoms with Gasteiger partial charge in [-0.2, -0.15) is 5.10 Å². The summed E-state index contributed by atoms with van der Waals surface area (Å²) in [6.45, 7) is 3.82. The highest BCUT2D eigenvalue weighted by Crippen LogP contribution is 2.31. The molecule has 0 fully saturated rings. The molecule has 1 heterocycles. The maximum atomic E-state index is 13.0. The lowest BCUT2D eigenvalue weighted by atomic mass is 9.94. The Morgan fingerprint density at radius 1 is 1.00 bits per heavy atom. The molecule has 0 aliphatic carbocycles. The van der Waals surface area contributed by atoms with Gasteiger partial charge in [0.25, 0.3) is 5.91 Å². The van der Waals surface area contributed by atoms with E-state index in [9.17, 15) is 13.6 Å². The Kier molecular flexibility index (Phi) is 3.72. The summed E-state index contributed by atoms with van der Waals surface area (Å²) in [6.07, 6.45) is 0.561. The molecular formula is C18H16F2N2O. The van der Waals surface area contributed by atoms with E-state index in [0.717, 1.165) is 11.3 Å². The largest absolute Gasteiger partial charge is 0.274 e. The number of hydrogen-bond donors (Lipinski definition) is 0. The Hall–Kier alpha value is -2.56. The molecular weight excluding hydrogens is 298 g/mol. The molecule has 0 aromatic heterocycles. The molecule has 0 radical (unpaired) electrons. The van der Waals surface area contributed by atoms with E-state index in [4.69, 9.17) is 0 Å². The zero-order valence-corrected chi connectivity index (χ0v) is 12.9. The van der Waals surface area contributed by atoms with Crippen molar-refractivity contribution in [2.75, 3.05) is 0 Å². The van der Waals surface area contributed by atoms with Crippen LogP contribution in [0.1, 0.15) is 36.2 Å². The summed E-state index contributed by atoms with van der Waals surface area (Å²) in [6, 6.07) is 11.4. The van der Waals surface area contributed by atoms with E-state index >= 15 is 0 Å². The van der Waals surface area contributed by atoms with Crippen LogP contribution < -0.4 is 0 Å². The zero-order chi connectivity index (χ0) is 16.6. The Morgan fingerprint density at radius 2 is 1.52 bits per heavy atom. The Bertz CT molecular complexity index is 765. The molecule has 23 heavy (non-hydrogen) atoms. The predicted octanol–water partition coefficient (Wildman–Crippen LogP) is 3.99. The van der Waals surface area contributed by atoms with Crippen LogP contribution in [-0.2, 0) is 0 Å². The van der Waals surface area contributed by atoms with Crippen LogP contribution in [0.5, 0.6) is 0 Å². The summed E-state index contributed by atoms with van der Waals surface area (Å²) < 4.78 is 26.1. The minimum atomic E-state index is -0.505. The summed E-state index contributed by atoms with van der Waals surface area (Å²) in [5.74, 6) is -0.990. The fraction of sp³-hybridized carbons (Fsp3) is 0.222. The molecule has 0 saturated carbocycles. The van der Waals surface area contributed by atoms with Crippen molar-refractivity contribution in [3.05, 3.63) is 71.3 Å². The molecule has 3 rings (SSSR count). The fourth-order valence-electron chi connectivity index (χ4n) is 2.61. The number of amides is 1. The first-order valence-corrected chi connectivity index (χ1v) is 7.30. The van der Waals surface area contributed by atoms with Crippen LogP contribution in [-0.4, -0.2) is 22.2 Å². The summed E-state index contributed by atoms with van der Waals surface area (Å²) >= 11 is 0. The molecule has 0 unspecified atom stereocenters. The molecule has 118 valence electrons. The first-order valence-electron chi connectivity index (χ1n) is 7.30. The van der Waals surface area contributed by atoms with Crippen molar-refractivity contribution in [3.8, 4) is 0 Å². The van der Waals surface area contributed by atoms with Crippen LogP contribution in [0.2, 0.25) is 0 Å². The highest BCUT2D eigenvalue weighted by atomic mass is 19.1. The van der Waals surface area contributed by atoms with Gasteiger partial charge in [0.15, 0.2) is 0 Å². The van der Waals surface area contributed by atoms with Crippen LogP contribution >= 0.6 is 0 Å². The molecule has 0 atom stereocenters. The molecule has 1 aliphatic heterocycles. The van der Waals surface area contributed by atoms with Crippen molar-refractivity contribution in [1.82, 2.24) is 5.01 Å². The Labute approximate surface area is 133 Å². The van der Waals surface area contributed by atoms with Crippen molar-refractivity contribution in [1.29, 1.82) is 0 Å². The first-order chi connectivity index (χ1) is 10.9. The molecule has 1 aliphatic rings. The number of rotatable bonds is 2. The quantitative estimate of drug-likeness (QED) is 0.825. The number of carbonyl (C=O) groups excluding carboxylic acids is 1. The highest BCUT2D eigenvalue weighted by molar-refractivity contribution is 6.05. The van der Waals surface area contributed by atoms with Gasteiger partial charge in [0.2, 0.25) is 0 Å². The van der Waals surface area contributed by atoms with Gasteiger partial charge in [-0.3, -0.25) is 4.79 Å². The number of hydrogen-bond acceptors (Lipinski definition) is 2. The number of carbonyl (C=O) groups is 1. The van der Waals surface area contributed by atoms with Gasteiger partial charge in [0.05, 0.1) is 11.3 Å². The average Bonchev–Trinajstić information content (AvgIpc) is 2.83. The second kappa shape index (κ2) is 5.57. The molecule has 0 N–H and O–H groups in total. The minimum Gasteiger partial charge on any atom is -0.267 e. The SMILES string of the molecule is CC1(C)CC(c2ccc(F)cc2)=NN1C(=O)c1ccc(F)cc1. The van der Waals surface area contributed by atoms with E-state index in [-0.39, 0.29) is 11.7 Å². The monoisotopic (exact) mass is 314 g/mol. The van der Waals surface area contributed by atoms with Gasteiger partial charge in [0.1, 0.15) is 11.6 Å². The fourth-order valence-corrected chi connectivity index (χ4v) is 2.61. The van der Waals surface area contributed by atoms with Crippen molar-refractivity contribution >= 4 is 11.6 Å². The van der Waals surface area contributed by atoms with E-state index in [1.807, 2.05) is 13.8 Å². The Balaban J connectivity index is 1.92. The predicted molar refractivity (Wildman–Crippen MR) is 84.2 cm³/mol. The maximum Gasteiger partial charge on any atom is 0.274 e. The molecule has 3 nitrogen and oxygen atoms in total.